The molecule has 2 N–H and O–H groups in total. The molecule has 5 nitrogen and oxygen atoms in total. The van der Waals surface area contributed by atoms with Gasteiger partial charge in [-0.2, -0.15) is 0 Å². The number of amides is 1. The van der Waals surface area contributed by atoms with Gasteiger partial charge in [0, 0.05) is 12.6 Å². The fraction of sp³-hybridized carbons (Fsp3) is 0.533. The molecule has 0 bridgehead atoms. The summed E-state index contributed by atoms with van der Waals surface area (Å²) in [5, 5.41) is 6.63. The minimum absolute atomic E-state index is 0.00506. The summed E-state index contributed by atoms with van der Waals surface area (Å²) in [6.07, 6.45) is 1.62. The Kier molecular flexibility index (Phi) is 4.96. The van der Waals surface area contributed by atoms with Crippen LogP contribution in [0.1, 0.15) is 19.8 Å². The number of rotatable bonds is 5. The van der Waals surface area contributed by atoms with Gasteiger partial charge >= 0.3 is 0 Å². The number of benzene rings is 1. The molecule has 0 saturated carbocycles. The van der Waals surface area contributed by atoms with Crippen LogP contribution in [0.3, 0.4) is 0 Å². The van der Waals surface area contributed by atoms with Crippen LogP contribution in [0, 0.1) is 5.41 Å². The second-order valence-electron chi connectivity index (χ2n) is 5.20. The number of ether oxygens (including phenoxy) is 2. The van der Waals surface area contributed by atoms with Gasteiger partial charge in [0.1, 0.15) is 11.5 Å². The highest BCUT2D eigenvalue weighted by Crippen LogP contribution is 2.38. The highest BCUT2D eigenvalue weighted by molar-refractivity contribution is 6.32. The van der Waals surface area contributed by atoms with Crippen LogP contribution in [0.2, 0.25) is 5.02 Å². The monoisotopic (exact) mass is 312 g/mol. The van der Waals surface area contributed by atoms with Crippen molar-refractivity contribution in [1.82, 2.24) is 5.32 Å². The van der Waals surface area contributed by atoms with E-state index in [-0.39, 0.29) is 11.3 Å². The van der Waals surface area contributed by atoms with Gasteiger partial charge in [0.05, 0.1) is 30.3 Å². The molecule has 116 valence electrons. The van der Waals surface area contributed by atoms with Gasteiger partial charge < -0.3 is 20.1 Å². The van der Waals surface area contributed by atoms with E-state index >= 15 is 0 Å². The van der Waals surface area contributed by atoms with Crippen molar-refractivity contribution < 1.29 is 14.3 Å². The van der Waals surface area contributed by atoms with Gasteiger partial charge in [-0.3, -0.25) is 4.79 Å². The van der Waals surface area contributed by atoms with E-state index in [1.165, 1.54) is 7.11 Å². The Morgan fingerprint density at radius 2 is 2.10 bits per heavy atom. The Morgan fingerprint density at radius 1 is 1.38 bits per heavy atom. The summed E-state index contributed by atoms with van der Waals surface area (Å²) in [4.78, 5) is 12.6. The molecule has 1 fully saturated rings. The molecule has 1 aromatic carbocycles. The molecule has 6 heteroatoms. The lowest BCUT2D eigenvalue weighted by molar-refractivity contribution is -0.124. The second-order valence-corrected chi connectivity index (χ2v) is 5.61. The SMILES string of the molecule is CCC1(C(=O)Nc2cc(Cl)c(OC)cc2OC)CCNC1. The quantitative estimate of drug-likeness (QED) is 0.877. The third kappa shape index (κ3) is 3.09. The molecule has 1 aliphatic heterocycles. The number of carbonyl (C=O) groups excluding carboxylic acids is 1. The Morgan fingerprint density at radius 3 is 2.62 bits per heavy atom. The van der Waals surface area contributed by atoms with Crippen molar-refractivity contribution in [3.05, 3.63) is 17.2 Å². The molecule has 2 rings (SSSR count). The molecule has 0 aromatic heterocycles. The first-order valence-corrected chi connectivity index (χ1v) is 7.38. The van der Waals surface area contributed by atoms with E-state index in [0.29, 0.717) is 28.8 Å². The molecule has 1 saturated heterocycles. The average molecular weight is 313 g/mol. The molecule has 1 aliphatic rings. The Bertz CT molecular complexity index is 528. The van der Waals surface area contributed by atoms with Crippen molar-refractivity contribution in [2.75, 3.05) is 32.6 Å². The average Bonchev–Trinajstić information content (AvgIpc) is 2.97. The zero-order chi connectivity index (χ0) is 15.5. The molecule has 1 unspecified atom stereocenters. The Balaban J connectivity index is 2.26. The van der Waals surface area contributed by atoms with Crippen LogP contribution in [0.4, 0.5) is 5.69 Å². The molecule has 0 spiro atoms. The maximum atomic E-state index is 12.6. The van der Waals surface area contributed by atoms with Crippen molar-refractivity contribution in [1.29, 1.82) is 0 Å². The summed E-state index contributed by atoms with van der Waals surface area (Å²) in [5.74, 6) is 1.04. The zero-order valence-corrected chi connectivity index (χ0v) is 13.3. The third-order valence-electron chi connectivity index (χ3n) is 4.12. The number of halogens is 1. The van der Waals surface area contributed by atoms with Gasteiger partial charge in [0.15, 0.2) is 0 Å². The smallest absolute Gasteiger partial charge is 0.232 e. The van der Waals surface area contributed by atoms with Crippen LogP contribution in [-0.4, -0.2) is 33.2 Å². The predicted octanol–water partition coefficient (Wildman–Crippen LogP) is 2.69. The van der Waals surface area contributed by atoms with Crippen LogP contribution in [0.25, 0.3) is 0 Å². The van der Waals surface area contributed by atoms with Crippen LogP contribution in [-0.2, 0) is 4.79 Å². The number of hydrogen-bond donors (Lipinski definition) is 2. The molecule has 1 amide bonds. The second kappa shape index (κ2) is 6.54. The maximum absolute atomic E-state index is 12.6. The highest BCUT2D eigenvalue weighted by atomic mass is 35.5. The molecule has 0 radical (unpaired) electrons. The first-order valence-electron chi connectivity index (χ1n) is 7.00. The van der Waals surface area contributed by atoms with Gasteiger partial charge in [-0.1, -0.05) is 18.5 Å². The van der Waals surface area contributed by atoms with Crippen molar-refractivity contribution in [2.24, 2.45) is 5.41 Å². The number of nitrogens with one attached hydrogen (secondary N) is 2. The van der Waals surface area contributed by atoms with Gasteiger partial charge in [-0.15, -0.1) is 0 Å². The zero-order valence-electron chi connectivity index (χ0n) is 12.6. The van der Waals surface area contributed by atoms with E-state index in [0.717, 1.165) is 19.4 Å². The Labute approximate surface area is 130 Å². The van der Waals surface area contributed by atoms with Crippen molar-refractivity contribution in [3.63, 3.8) is 0 Å². The summed E-state index contributed by atoms with van der Waals surface area (Å²) < 4.78 is 10.5. The summed E-state index contributed by atoms with van der Waals surface area (Å²) in [6.45, 7) is 3.59. The standard InChI is InChI=1S/C15H21ClN2O3/c1-4-15(5-6-17-9-15)14(19)18-11-7-10(16)12(20-2)8-13(11)21-3/h7-8,17H,4-6,9H2,1-3H3,(H,18,19). The summed E-state index contributed by atoms with van der Waals surface area (Å²) in [6, 6.07) is 3.33. The lowest BCUT2D eigenvalue weighted by Crippen LogP contribution is -2.37. The van der Waals surface area contributed by atoms with E-state index in [4.69, 9.17) is 21.1 Å². The molecule has 0 aliphatic carbocycles. The van der Waals surface area contributed by atoms with E-state index < -0.39 is 0 Å². The molecule has 21 heavy (non-hydrogen) atoms. The van der Waals surface area contributed by atoms with E-state index in [9.17, 15) is 4.79 Å². The summed E-state index contributed by atoms with van der Waals surface area (Å²) in [5.41, 5.74) is 0.199. The number of carbonyl (C=O) groups is 1. The van der Waals surface area contributed by atoms with Gasteiger partial charge in [-0.25, -0.2) is 0 Å². The van der Waals surface area contributed by atoms with Crippen molar-refractivity contribution in [2.45, 2.75) is 19.8 Å². The van der Waals surface area contributed by atoms with Crippen LogP contribution in [0.5, 0.6) is 11.5 Å². The van der Waals surface area contributed by atoms with Crippen molar-refractivity contribution in [3.8, 4) is 11.5 Å². The largest absolute Gasteiger partial charge is 0.495 e. The lowest BCUT2D eigenvalue weighted by Gasteiger charge is -2.26. The minimum atomic E-state index is -0.364. The van der Waals surface area contributed by atoms with Crippen LogP contribution < -0.4 is 20.1 Å². The summed E-state index contributed by atoms with van der Waals surface area (Å²) in [7, 11) is 3.08. The summed E-state index contributed by atoms with van der Waals surface area (Å²) >= 11 is 6.13. The first kappa shape index (κ1) is 15.9. The maximum Gasteiger partial charge on any atom is 0.232 e. The molecular weight excluding hydrogens is 292 g/mol. The number of methoxy groups -OCH3 is 2. The molecule has 1 aromatic rings. The number of hydrogen-bond acceptors (Lipinski definition) is 4. The highest BCUT2D eigenvalue weighted by Gasteiger charge is 2.39. The molecular formula is C15H21ClN2O3. The predicted molar refractivity (Wildman–Crippen MR) is 83.4 cm³/mol. The first-order chi connectivity index (χ1) is 10.1. The minimum Gasteiger partial charge on any atom is -0.495 e. The third-order valence-corrected chi connectivity index (χ3v) is 4.42. The van der Waals surface area contributed by atoms with Crippen molar-refractivity contribution >= 4 is 23.2 Å². The molecule has 1 heterocycles. The van der Waals surface area contributed by atoms with Gasteiger partial charge in [-0.05, 0) is 25.5 Å². The van der Waals surface area contributed by atoms with Crippen LogP contribution in [0.15, 0.2) is 12.1 Å². The fourth-order valence-corrected chi connectivity index (χ4v) is 2.85. The molecule has 1 atom stereocenters. The lowest BCUT2D eigenvalue weighted by atomic mass is 9.83. The van der Waals surface area contributed by atoms with Crippen LogP contribution >= 0.6 is 11.6 Å². The number of anilines is 1. The van der Waals surface area contributed by atoms with E-state index in [1.54, 1.807) is 19.2 Å². The topological polar surface area (TPSA) is 59.6 Å². The Hall–Kier alpha value is -1.46. The van der Waals surface area contributed by atoms with E-state index in [2.05, 4.69) is 10.6 Å². The van der Waals surface area contributed by atoms with E-state index in [1.807, 2.05) is 6.92 Å². The fourth-order valence-electron chi connectivity index (χ4n) is 2.61. The van der Waals surface area contributed by atoms with Gasteiger partial charge in [0.2, 0.25) is 5.91 Å². The normalized spacial score (nSPS) is 21.1. The van der Waals surface area contributed by atoms with Gasteiger partial charge in [0.25, 0.3) is 0 Å².